The van der Waals surface area contributed by atoms with Crippen LogP contribution in [0.3, 0.4) is 0 Å². The van der Waals surface area contributed by atoms with Crippen LogP contribution in [0, 0.1) is 0 Å². The fourth-order valence-corrected chi connectivity index (χ4v) is 1.63. The monoisotopic (exact) mass is 213 g/mol. The summed E-state index contributed by atoms with van der Waals surface area (Å²) < 4.78 is 0. The molecule has 0 fully saturated rings. The summed E-state index contributed by atoms with van der Waals surface area (Å²) in [7, 11) is 0. The maximum absolute atomic E-state index is 5.57. The van der Waals surface area contributed by atoms with Gasteiger partial charge in [-0.15, -0.1) is 0 Å². The Hall–Kier alpha value is -1.90. The van der Waals surface area contributed by atoms with E-state index in [0.29, 0.717) is 5.82 Å². The van der Waals surface area contributed by atoms with Gasteiger partial charge in [0.1, 0.15) is 5.82 Å². The lowest BCUT2D eigenvalue weighted by atomic mass is 10.0. The number of hydrogen-bond acceptors (Lipinski definition) is 3. The van der Waals surface area contributed by atoms with Crippen molar-refractivity contribution in [3.8, 4) is 0 Å². The molecule has 0 unspecified atom stereocenters. The number of pyridine rings is 1. The van der Waals surface area contributed by atoms with Crippen LogP contribution in [0.1, 0.15) is 24.8 Å². The summed E-state index contributed by atoms with van der Waals surface area (Å²) in [4.78, 5) is 8.34. The number of nitrogens with two attached hydrogens (primary N) is 1. The highest BCUT2D eigenvalue weighted by Gasteiger charge is 2.02. The molecule has 0 saturated heterocycles. The first kappa shape index (κ1) is 10.6. The summed E-state index contributed by atoms with van der Waals surface area (Å²) in [5, 5.41) is 0. The highest BCUT2D eigenvalue weighted by Crippen LogP contribution is 2.21. The van der Waals surface area contributed by atoms with Crippen LogP contribution in [-0.2, 0) is 0 Å². The molecule has 82 valence electrons. The van der Waals surface area contributed by atoms with Gasteiger partial charge in [-0.25, -0.2) is 4.98 Å². The first-order chi connectivity index (χ1) is 7.86. The molecule has 0 aliphatic carbocycles. The maximum atomic E-state index is 5.57. The Bertz CT molecular complexity index is 427. The second-order valence-electron chi connectivity index (χ2n) is 3.74. The smallest absolute Gasteiger partial charge is 0.123 e. The second-order valence-corrected chi connectivity index (χ2v) is 3.74. The van der Waals surface area contributed by atoms with E-state index >= 15 is 0 Å². The highest BCUT2D eigenvalue weighted by molar-refractivity contribution is 5.74. The molecule has 2 rings (SSSR count). The number of nitrogen functional groups attached to an aromatic ring is 1. The molecule has 0 amide bonds. The zero-order chi connectivity index (χ0) is 11.2. The van der Waals surface area contributed by atoms with Gasteiger partial charge >= 0.3 is 0 Å². The van der Waals surface area contributed by atoms with E-state index in [1.807, 2.05) is 36.8 Å². The van der Waals surface area contributed by atoms with Gasteiger partial charge in [0.25, 0.3) is 0 Å². The van der Waals surface area contributed by atoms with E-state index in [4.69, 9.17) is 5.73 Å². The summed E-state index contributed by atoms with van der Waals surface area (Å²) in [6.45, 7) is 0. The summed E-state index contributed by atoms with van der Waals surface area (Å²) in [6, 6.07) is 3.82. The average Bonchev–Trinajstić information content (AvgIpc) is 2.43. The Balaban J connectivity index is 2.24. The Morgan fingerprint density at radius 1 is 1.25 bits per heavy atom. The van der Waals surface area contributed by atoms with Crippen LogP contribution in [0.2, 0.25) is 0 Å². The van der Waals surface area contributed by atoms with Crippen molar-refractivity contribution in [2.24, 2.45) is 4.99 Å². The molecule has 0 spiro atoms. The Morgan fingerprint density at radius 3 is 3.00 bits per heavy atom. The summed E-state index contributed by atoms with van der Waals surface area (Å²) >= 11 is 0. The Labute approximate surface area is 95.4 Å². The minimum Gasteiger partial charge on any atom is -0.384 e. The number of aliphatic imine (C=N–C) groups is 1. The SMILES string of the molecule is Nc1ccc(C2=CN=CC=CCCC2)cn1. The van der Waals surface area contributed by atoms with E-state index < -0.39 is 0 Å². The van der Waals surface area contributed by atoms with Gasteiger partial charge in [-0.3, -0.25) is 4.99 Å². The fraction of sp³-hybridized carbons (Fsp3) is 0.231. The normalized spacial score (nSPS) is 16.1. The molecule has 0 saturated carbocycles. The molecule has 1 aliphatic rings. The van der Waals surface area contributed by atoms with E-state index in [1.165, 1.54) is 5.57 Å². The number of hydrogen-bond donors (Lipinski definition) is 1. The topological polar surface area (TPSA) is 51.3 Å². The summed E-state index contributed by atoms with van der Waals surface area (Å²) in [5.41, 5.74) is 7.89. The first-order valence-corrected chi connectivity index (χ1v) is 5.45. The minimum atomic E-state index is 0.553. The second kappa shape index (κ2) is 5.26. The van der Waals surface area contributed by atoms with Crippen molar-refractivity contribution in [1.82, 2.24) is 4.98 Å². The quantitative estimate of drug-likeness (QED) is 0.779. The van der Waals surface area contributed by atoms with Crippen molar-refractivity contribution in [3.63, 3.8) is 0 Å². The van der Waals surface area contributed by atoms with Gasteiger partial charge in [-0.2, -0.15) is 0 Å². The molecule has 2 N–H and O–H groups in total. The van der Waals surface area contributed by atoms with Crippen LogP contribution in [-0.4, -0.2) is 11.2 Å². The van der Waals surface area contributed by atoms with Crippen molar-refractivity contribution < 1.29 is 0 Å². The van der Waals surface area contributed by atoms with Crippen LogP contribution in [0.25, 0.3) is 5.57 Å². The van der Waals surface area contributed by atoms with Gasteiger partial charge in [-0.05, 0) is 48.6 Å². The van der Waals surface area contributed by atoms with Crippen molar-refractivity contribution in [2.75, 3.05) is 5.73 Å². The molecule has 3 nitrogen and oxygen atoms in total. The maximum Gasteiger partial charge on any atom is 0.123 e. The number of nitrogens with zero attached hydrogens (tertiary/aromatic N) is 2. The van der Waals surface area contributed by atoms with Crippen LogP contribution in [0.4, 0.5) is 5.82 Å². The lowest BCUT2D eigenvalue weighted by Crippen LogP contribution is -1.91. The fourth-order valence-electron chi connectivity index (χ4n) is 1.63. The first-order valence-electron chi connectivity index (χ1n) is 5.45. The molecule has 3 heteroatoms. The van der Waals surface area contributed by atoms with Crippen molar-refractivity contribution in [1.29, 1.82) is 0 Å². The lowest BCUT2D eigenvalue weighted by Gasteiger charge is -2.05. The van der Waals surface area contributed by atoms with Crippen LogP contribution in [0.5, 0.6) is 0 Å². The zero-order valence-electron chi connectivity index (χ0n) is 9.13. The predicted molar refractivity (Wildman–Crippen MR) is 68.1 cm³/mol. The molecule has 1 aromatic heterocycles. The van der Waals surface area contributed by atoms with Gasteiger partial charge in [0.15, 0.2) is 0 Å². The van der Waals surface area contributed by atoms with E-state index in [1.54, 1.807) is 0 Å². The van der Waals surface area contributed by atoms with Crippen molar-refractivity contribution in [3.05, 3.63) is 42.2 Å². The van der Waals surface area contributed by atoms with E-state index in [9.17, 15) is 0 Å². The molecule has 0 radical (unpaired) electrons. The number of rotatable bonds is 1. The molecule has 16 heavy (non-hydrogen) atoms. The third-order valence-corrected chi connectivity index (χ3v) is 2.51. The molecular weight excluding hydrogens is 198 g/mol. The molecule has 1 aromatic rings. The van der Waals surface area contributed by atoms with Gasteiger partial charge in [0.05, 0.1) is 0 Å². The lowest BCUT2D eigenvalue weighted by molar-refractivity contribution is 0.879. The minimum absolute atomic E-state index is 0.553. The van der Waals surface area contributed by atoms with Crippen LogP contribution < -0.4 is 5.73 Å². The predicted octanol–water partition coefficient (Wildman–Crippen LogP) is 2.82. The van der Waals surface area contributed by atoms with E-state index in [-0.39, 0.29) is 0 Å². The van der Waals surface area contributed by atoms with Gasteiger partial charge in [-0.1, -0.05) is 6.08 Å². The van der Waals surface area contributed by atoms with Gasteiger partial charge in [0, 0.05) is 18.6 Å². The highest BCUT2D eigenvalue weighted by atomic mass is 14.8. The zero-order valence-corrected chi connectivity index (χ0v) is 9.13. The number of aromatic nitrogens is 1. The third kappa shape index (κ3) is 2.79. The van der Waals surface area contributed by atoms with Gasteiger partial charge in [0.2, 0.25) is 0 Å². The third-order valence-electron chi connectivity index (χ3n) is 2.51. The molecule has 2 heterocycles. The molecular formula is C13H15N3. The molecule has 1 aliphatic heterocycles. The number of allylic oxidation sites excluding steroid dienone is 3. The van der Waals surface area contributed by atoms with Gasteiger partial charge < -0.3 is 5.73 Å². The summed E-state index contributed by atoms with van der Waals surface area (Å²) in [5.74, 6) is 0.553. The Morgan fingerprint density at radius 2 is 2.19 bits per heavy atom. The van der Waals surface area contributed by atoms with E-state index in [2.05, 4.69) is 16.1 Å². The van der Waals surface area contributed by atoms with Crippen LogP contribution in [0.15, 0.2) is 41.7 Å². The van der Waals surface area contributed by atoms with Crippen molar-refractivity contribution in [2.45, 2.75) is 19.3 Å². The standard InChI is InChI=1S/C13H15N3/c14-13-7-6-12(10-16-13)11-5-3-1-2-4-8-15-9-11/h2,4,6-10H,1,3,5H2,(H2,14,16). The van der Waals surface area contributed by atoms with Crippen molar-refractivity contribution >= 4 is 17.6 Å². The van der Waals surface area contributed by atoms with E-state index in [0.717, 1.165) is 24.8 Å². The Kier molecular flexibility index (Phi) is 3.49. The molecule has 0 atom stereocenters. The average molecular weight is 213 g/mol. The largest absolute Gasteiger partial charge is 0.384 e. The van der Waals surface area contributed by atoms with Crippen LogP contribution >= 0.6 is 0 Å². The molecule has 0 bridgehead atoms. The summed E-state index contributed by atoms with van der Waals surface area (Å²) in [6.07, 6.45) is 12.9. The number of anilines is 1. The molecule has 0 aromatic carbocycles.